The zero-order valence-corrected chi connectivity index (χ0v) is 18.6. The number of thioether (sulfide) groups is 1. The van der Waals surface area contributed by atoms with Gasteiger partial charge in [0.25, 0.3) is 11.6 Å². The van der Waals surface area contributed by atoms with Gasteiger partial charge in [-0.1, -0.05) is 29.4 Å². The molecule has 10 nitrogen and oxygen atoms in total. The number of nitro groups is 1. The van der Waals surface area contributed by atoms with E-state index < -0.39 is 23.4 Å². The number of hydrogen-bond acceptors (Lipinski definition) is 8. The molecule has 0 radical (unpaired) electrons. The van der Waals surface area contributed by atoms with E-state index in [-0.39, 0.29) is 11.4 Å². The quantitative estimate of drug-likeness (QED) is 0.226. The summed E-state index contributed by atoms with van der Waals surface area (Å²) in [4.78, 5) is 34.4. The van der Waals surface area contributed by atoms with Crippen LogP contribution in [0.3, 0.4) is 0 Å². The molecule has 1 heterocycles. The molecule has 0 aliphatic carbocycles. The molecule has 0 unspecified atom stereocenters. The molecule has 0 bridgehead atoms. The first kappa shape index (κ1) is 23.2. The minimum absolute atomic E-state index is 0.0790. The highest BCUT2D eigenvalue weighted by Crippen LogP contribution is 2.24. The number of nitro benzene ring substituents is 1. The first-order valence-electron chi connectivity index (χ1n) is 9.24. The van der Waals surface area contributed by atoms with Crippen LogP contribution in [0.4, 0.5) is 11.4 Å². The van der Waals surface area contributed by atoms with E-state index in [0.29, 0.717) is 21.4 Å². The van der Waals surface area contributed by atoms with Crippen molar-refractivity contribution in [2.24, 2.45) is 0 Å². The number of nitrogens with zero attached hydrogens (tertiary/aromatic N) is 4. The topological polar surface area (TPSA) is 129 Å². The fourth-order valence-electron chi connectivity index (χ4n) is 2.63. The number of aromatic nitrogens is 3. The molecule has 12 heteroatoms. The van der Waals surface area contributed by atoms with Gasteiger partial charge in [-0.2, -0.15) is 0 Å². The van der Waals surface area contributed by atoms with Crippen molar-refractivity contribution in [1.29, 1.82) is 0 Å². The van der Waals surface area contributed by atoms with Gasteiger partial charge in [0.05, 0.1) is 16.4 Å². The fraction of sp³-hybridized carbons (Fsp3) is 0.200. The summed E-state index contributed by atoms with van der Waals surface area (Å²) in [6, 6.07) is 9.54. The average Bonchev–Trinajstić information content (AvgIpc) is 3.22. The lowest BCUT2D eigenvalue weighted by molar-refractivity contribution is -0.384. The lowest BCUT2D eigenvalue weighted by Gasteiger charge is -2.09. The molecular weight excluding hydrogens is 458 g/mol. The van der Waals surface area contributed by atoms with Crippen molar-refractivity contribution in [3.63, 3.8) is 0 Å². The Balaban J connectivity index is 1.51. The number of rotatable bonds is 8. The van der Waals surface area contributed by atoms with E-state index in [1.54, 1.807) is 17.6 Å². The molecule has 1 N–H and O–H groups in total. The third-order valence-corrected chi connectivity index (χ3v) is 5.65. The van der Waals surface area contributed by atoms with Gasteiger partial charge in [-0.25, -0.2) is 0 Å². The highest BCUT2D eigenvalue weighted by atomic mass is 35.5. The van der Waals surface area contributed by atoms with E-state index in [1.165, 1.54) is 24.5 Å². The number of carbonyl (C=O) groups excluding carboxylic acids is 2. The van der Waals surface area contributed by atoms with Crippen LogP contribution < -0.4 is 5.32 Å². The van der Waals surface area contributed by atoms with E-state index in [2.05, 4.69) is 15.5 Å². The zero-order valence-electron chi connectivity index (χ0n) is 17.1. The summed E-state index contributed by atoms with van der Waals surface area (Å²) in [5, 5.41) is 22.3. The number of carbonyl (C=O) groups is 2. The van der Waals surface area contributed by atoms with Crippen LogP contribution in [0, 0.1) is 24.0 Å². The van der Waals surface area contributed by atoms with Gasteiger partial charge in [0, 0.05) is 22.8 Å². The van der Waals surface area contributed by atoms with Crippen LogP contribution in [0.1, 0.15) is 11.1 Å². The Hall–Kier alpha value is -3.44. The minimum atomic E-state index is -0.609. The molecule has 3 aromatic rings. The van der Waals surface area contributed by atoms with Gasteiger partial charge in [0.1, 0.15) is 6.33 Å². The molecule has 0 atom stereocenters. The molecule has 0 saturated carbocycles. The number of esters is 1. The number of ether oxygens (including phenoxy) is 1. The third-order valence-electron chi connectivity index (χ3n) is 4.33. The van der Waals surface area contributed by atoms with Crippen molar-refractivity contribution in [2.45, 2.75) is 19.0 Å². The summed E-state index contributed by atoms with van der Waals surface area (Å²) in [7, 11) is 0. The number of hydrogen-bond donors (Lipinski definition) is 1. The molecule has 166 valence electrons. The first-order chi connectivity index (χ1) is 15.2. The maximum atomic E-state index is 12.1. The van der Waals surface area contributed by atoms with E-state index in [9.17, 15) is 19.7 Å². The Bertz CT molecular complexity index is 1180. The Morgan fingerprint density at radius 3 is 2.69 bits per heavy atom. The van der Waals surface area contributed by atoms with Crippen LogP contribution in [0.25, 0.3) is 5.69 Å². The summed E-state index contributed by atoms with van der Waals surface area (Å²) in [5.74, 6) is -1.25. The second kappa shape index (κ2) is 10.2. The van der Waals surface area contributed by atoms with Crippen LogP contribution in [0.5, 0.6) is 0 Å². The van der Waals surface area contributed by atoms with Crippen molar-refractivity contribution < 1.29 is 19.2 Å². The number of benzene rings is 2. The SMILES string of the molecule is Cc1ccc(-n2cnnc2SCC(=O)OCC(=O)Nc2ccc([N+](=O)[O-])cc2C)cc1Cl. The molecule has 2 aromatic carbocycles. The van der Waals surface area contributed by atoms with Gasteiger partial charge in [0.15, 0.2) is 11.8 Å². The maximum absolute atomic E-state index is 12.1. The summed E-state index contributed by atoms with van der Waals surface area (Å²) in [5.41, 5.74) is 2.52. The number of halogens is 1. The fourth-order valence-corrected chi connectivity index (χ4v) is 3.53. The summed E-state index contributed by atoms with van der Waals surface area (Å²) < 4.78 is 6.69. The van der Waals surface area contributed by atoms with Crippen LogP contribution in [0.2, 0.25) is 5.02 Å². The lowest BCUT2D eigenvalue weighted by Crippen LogP contribution is -2.22. The van der Waals surface area contributed by atoms with E-state index in [1.807, 2.05) is 19.1 Å². The minimum Gasteiger partial charge on any atom is -0.455 e. The monoisotopic (exact) mass is 475 g/mol. The lowest BCUT2D eigenvalue weighted by atomic mass is 10.2. The van der Waals surface area contributed by atoms with Gasteiger partial charge < -0.3 is 10.1 Å². The van der Waals surface area contributed by atoms with E-state index in [4.69, 9.17) is 16.3 Å². The predicted molar refractivity (Wildman–Crippen MR) is 119 cm³/mol. The average molecular weight is 476 g/mol. The number of anilines is 1. The van der Waals surface area contributed by atoms with Crippen LogP contribution in [-0.4, -0.2) is 43.9 Å². The summed E-state index contributed by atoms with van der Waals surface area (Å²) in [6.07, 6.45) is 1.51. The smallest absolute Gasteiger partial charge is 0.316 e. The largest absolute Gasteiger partial charge is 0.455 e. The Morgan fingerprint density at radius 2 is 2.00 bits per heavy atom. The standard InChI is InChI=1S/C20H18ClN5O5S/c1-12-3-4-14(8-16(12)21)25-11-22-24-20(25)32-10-19(28)31-9-18(27)23-17-6-5-15(26(29)30)7-13(17)2/h3-8,11H,9-10H2,1-2H3,(H,23,27). The molecular formula is C20H18ClN5O5S. The second-order valence-electron chi connectivity index (χ2n) is 6.67. The van der Waals surface area contributed by atoms with Crippen molar-refractivity contribution in [1.82, 2.24) is 14.8 Å². The molecule has 0 fully saturated rings. The second-order valence-corrected chi connectivity index (χ2v) is 8.02. The molecule has 1 amide bonds. The molecule has 0 aliphatic heterocycles. The Kier molecular flexibility index (Phi) is 7.44. The van der Waals surface area contributed by atoms with Crippen molar-refractivity contribution in [3.05, 3.63) is 69.0 Å². The first-order valence-corrected chi connectivity index (χ1v) is 10.6. The molecule has 0 aliphatic rings. The third kappa shape index (κ3) is 5.83. The number of non-ortho nitro benzene ring substituents is 1. The molecule has 3 rings (SSSR count). The summed E-state index contributed by atoms with van der Waals surface area (Å²) in [6.45, 7) is 3.03. The van der Waals surface area contributed by atoms with E-state index in [0.717, 1.165) is 23.0 Å². The van der Waals surface area contributed by atoms with Crippen LogP contribution in [-0.2, 0) is 14.3 Å². The molecule has 0 spiro atoms. The van der Waals surface area contributed by atoms with Gasteiger partial charge in [0.2, 0.25) is 0 Å². The van der Waals surface area contributed by atoms with Gasteiger partial charge >= 0.3 is 5.97 Å². The van der Waals surface area contributed by atoms with Crippen molar-refractivity contribution >= 4 is 46.6 Å². The molecule has 0 saturated heterocycles. The highest BCUT2D eigenvalue weighted by molar-refractivity contribution is 7.99. The summed E-state index contributed by atoms with van der Waals surface area (Å²) >= 11 is 7.27. The van der Waals surface area contributed by atoms with Crippen molar-refractivity contribution in [2.75, 3.05) is 17.7 Å². The molecule has 1 aromatic heterocycles. The highest BCUT2D eigenvalue weighted by Gasteiger charge is 2.14. The number of nitrogens with one attached hydrogen (secondary N) is 1. The van der Waals surface area contributed by atoms with Gasteiger partial charge in [-0.15, -0.1) is 10.2 Å². The maximum Gasteiger partial charge on any atom is 0.316 e. The van der Waals surface area contributed by atoms with Gasteiger partial charge in [-0.3, -0.25) is 24.3 Å². The van der Waals surface area contributed by atoms with E-state index >= 15 is 0 Å². The van der Waals surface area contributed by atoms with Crippen LogP contribution >= 0.6 is 23.4 Å². The van der Waals surface area contributed by atoms with Crippen LogP contribution in [0.15, 0.2) is 47.9 Å². The number of aryl methyl sites for hydroxylation is 2. The zero-order chi connectivity index (χ0) is 23.3. The van der Waals surface area contributed by atoms with Crippen molar-refractivity contribution in [3.8, 4) is 5.69 Å². The predicted octanol–water partition coefficient (Wildman–Crippen LogP) is 3.72. The Labute approximate surface area is 192 Å². The van der Waals surface area contributed by atoms with Gasteiger partial charge in [-0.05, 0) is 43.2 Å². The molecule has 32 heavy (non-hydrogen) atoms. The Morgan fingerprint density at radius 1 is 1.22 bits per heavy atom. The normalized spacial score (nSPS) is 10.6. The number of amides is 1.